The van der Waals surface area contributed by atoms with Gasteiger partial charge in [-0.1, -0.05) is 60.7 Å². The van der Waals surface area contributed by atoms with Crippen LogP contribution in [0.15, 0.2) is 89.8 Å². The normalized spacial score (nSPS) is 11.1. The Bertz CT molecular complexity index is 1000. The predicted octanol–water partition coefficient (Wildman–Crippen LogP) is 3.74. The first-order chi connectivity index (χ1) is 13.5. The van der Waals surface area contributed by atoms with E-state index in [1.165, 1.54) is 12.1 Å². The van der Waals surface area contributed by atoms with Gasteiger partial charge in [0.15, 0.2) is 0 Å². The molecule has 0 atom stereocenters. The zero-order valence-corrected chi connectivity index (χ0v) is 16.2. The van der Waals surface area contributed by atoms with Crippen LogP contribution < -0.4 is 10.0 Å². The molecule has 0 spiro atoms. The molecule has 0 bridgehead atoms. The van der Waals surface area contributed by atoms with Gasteiger partial charge in [0.05, 0.1) is 4.90 Å². The quantitative estimate of drug-likeness (QED) is 0.611. The molecule has 5 nitrogen and oxygen atoms in total. The number of hydrogen-bond donors (Lipinski definition) is 2. The van der Waals surface area contributed by atoms with Gasteiger partial charge in [0.1, 0.15) is 0 Å². The third-order valence-electron chi connectivity index (χ3n) is 4.24. The Balaban J connectivity index is 1.54. The first kappa shape index (κ1) is 19.8. The number of hydrogen-bond acceptors (Lipinski definition) is 3. The van der Waals surface area contributed by atoms with Crippen LogP contribution in [0.25, 0.3) is 0 Å². The zero-order valence-electron chi connectivity index (χ0n) is 15.3. The van der Waals surface area contributed by atoms with Gasteiger partial charge in [-0.3, -0.25) is 4.79 Å². The van der Waals surface area contributed by atoms with Crippen molar-refractivity contribution in [2.75, 3.05) is 5.32 Å². The number of carbonyl (C=O) groups is 1. The highest BCUT2D eigenvalue weighted by atomic mass is 32.2. The Kier molecular flexibility index (Phi) is 6.57. The van der Waals surface area contributed by atoms with Gasteiger partial charge in [-0.05, 0) is 41.8 Å². The number of carbonyl (C=O) groups excluding carboxylic acids is 1. The lowest BCUT2D eigenvalue weighted by molar-refractivity contribution is -0.116. The van der Waals surface area contributed by atoms with Crippen LogP contribution >= 0.6 is 0 Å². The van der Waals surface area contributed by atoms with Crippen molar-refractivity contribution in [3.63, 3.8) is 0 Å². The van der Waals surface area contributed by atoms with E-state index in [2.05, 4.69) is 10.0 Å². The van der Waals surface area contributed by atoms with E-state index in [9.17, 15) is 13.2 Å². The summed E-state index contributed by atoms with van der Waals surface area (Å²) in [5, 5.41) is 2.79. The van der Waals surface area contributed by atoms with Crippen molar-refractivity contribution in [1.82, 2.24) is 4.72 Å². The molecule has 6 heteroatoms. The van der Waals surface area contributed by atoms with Crippen LogP contribution in [0.1, 0.15) is 17.5 Å². The van der Waals surface area contributed by atoms with Gasteiger partial charge in [0.25, 0.3) is 0 Å². The molecule has 3 aromatic carbocycles. The molecule has 0 fully saturated rings. The lowest BCUT2D eigenvalue weighted by Crippen LogP contribution is -2.23. The number of anilines is 1. The molecule has 0 aromatic heterocycles. The van der Waals surface area contributed by atoms with Crippen LogP contribution in [-0.2, 0) is 27.8 Å². The summed E-state index contributed by atoms with van der Waals surface area (Å²) in [6.07, 6.45) is 1.02. The largest absolute Gasteiger partial charge is 0.326 e. The van der Waals surface area contributed by atoms with Crippen molar-refractivity contribution < 1.29 is 13.2 Å². The molecule has 0 heterocycles. The van der Waals surface area contributed by atoms with E-state index in [0.29, 0.717) is 18.5 Å². The molecule has 0 saturated heterocycles. The highest BCUT2D eigenvalue weighted by molar-refractivity contribution is 7.89. The number of benzene rings is 3. The summed E-state index contributed by atoms with van der Waals surface area (Å²) < 4.78 is 27.4. The minimum atomic E-state index is -3.61. The Morgan fingerprint density at radius 1 is 0.750 bits per heavy atom. The monoisotopic (exact) mass is 394 g/mol. The lowest BCUT2D eigenvalue weighted by Gasteiger charge is -2.09. The van der Waals surface area contributed by atoms with Crippen LogP contribution in [0.4, 0.5) is 5.69 Å². The molecule has 3 rings (SSSR count). The second-order valence-electron chi connectivity index (χ2n) is 6.37. The Morgan fingerprint density at radius 2 is 1.32 bits per heavy atom. The summed E-state index contributed by atoms with van der Waals surface area (Å²) in [5.41, 5.74) is 2.55. The van der Waals surface area contributed by atoms with Crippen molar-refractivity contribution in [3.05, 3.63) is 96.1 Å². The second-order valence-corrected chi connectivity index (χ2v) is 8.14. The van der Waals surface area contributed by atoms with Crippen molar-refractivity contribution in [2.24, 2.45) is 0 Å². The van der Waals surface area contributed by atoms with Crippen molar-refractivity contribution in [1.29, 1.82) is 0 Å². The van der Waals surface area contributed by atoms with Gasteiger partial charge in [-0.25, -0.2) is 13.1 Å². The maximum absolute atomic E-state index is 12.4. The number of amides is 1. The molecular weight excluding hydrogens is 372 g/mol. The van der Waals surface area contributed by atoms with Crippen LogP contribution in [0.2, 0.25) is 0 Å². The van der Waals surface area contributed by atoms with Crippen molar-refractivity contribution in [2.45, 2.75) is 24.3 Å². The summed E-state index contributed by atoms with van der Waals surface area (Å²) in [6, 6.07) is 25.3. The maximum Gasteiger partial charge on any atom is 0.240 e. The minimum absolute atomic E-state index is 0.110. The second kappa shape index (κ2) is 9.30. The fourth-order valence-corrected chi connectivity index (χ4v) is 3.72. The smallest absolute Gasteiger partial charge is 0.240 e. The summed E-state index contributed by atoms with van der Waals surface area (Å²) in [6.45, 7) is 0.223. The van der Waals surface area contributed by atoms with E-state index in [4.69, 9.17) is 0 Å². The summed E-state index contributed by atoms with van der Waals surface area (Å²) >= 11 is 0. The molecule has 0 radical (unpaired) electrons. The molecule has 1 amide bonds. The number of aryl methyl sites for hydroxylation is 1. The number of nitrogens with one attached hydrogen (secondary N) is 2. The summed E-state index contributed by atoms with van der Waals surface area (Å²) in [4.78, 5) is 12.2. The van der Waals surface area contributed by atoms with Gasteiger partial charge in [0.2, 0.25) is 15.9 Å². The van der Waals surface area contributed by atoms with Gasteiger partial charge in [0, 0.05) is 18.7 Å². The number of sulfonamides is 1. The molecule has 144 valence electrons. The molecule has 0 aliphatic carbocycles. The van der Waals surface area contributed by atoms with E-state index in [-0.39, 0.29) is 17.3 Å². The lowest BCUT2D eigenvalue weighted by atomic mass is 10.1. The zero-order chi connectivity index (χ0) is 19.8. The molecule has 2 N–H and O–H groups in total. The Hall–Kier alpha value is -2.96. The van der Waals surface area contributed by atoms with E-state index in [1.54, 1.807) is 12.1 Å². The fraction of sp³-hybridized carbons (Fsp3) is 0.136. The number of rotatable bonds is 8. The molecular formula is C22H22N2O3S. The van der Waals surface area contributed by atoms with Gasteiger partial charge < -0.3 is 5.32 Å². The first-order valence-electron chi connectivity index (χ1n) is 9.00. The van der Waals surface area contributed by atoms with Crippen LogP contribution in [-0.4, -0.2) is 14.3 Å². The highest BCUT2D eigenvalue weighted by Gasteiger charge is 2.13. The van der Waals surface area contributed by atoms with E-state index in [0.717, 1.165) is 11.1 Å². The molecule has 0 unspecified atom stereocenters. The maximum atomic E-state index is 12.4. The third kappa shape index (κ3) is 5.77. The average molecular weight is 394 g/mol. The minimum Gasteiger partial charge on any atom is -0.326 e. The molecule has 28 heavy (non-hydrogen) atoms. The van der Waals surface area contributed by atoms with E-state index in [1.807, 2.05) is 60.7 Å². The predicted molar refractivity (Wildman–Crippen MR) is 110 cm³/mol. The van der Waals surface area contributed by atoms with E-state index >= 15 is 0 Å². The van der Waals surface area contributed by atoms with Crippen LogP contribution in [0.3, 0.4) is 0 Å². The highest BCUT2D eigenvalue weighted by Crippen LogP contribution is 2.15. The van der Waals surface area contributed by atoms with Gasteiger partial charge >= 0.3 is 0 Å². The SMILES string of the molecule is O=C(CCc1ccccc1)Nc1ccc(S(=O)(=O)NCc2ccccc2)cc1. The summed E-state index contributed by atoms with van der Waals surface area (Å²) in [5.74, 6) is -0.110. The topological polar surface area (TPSA) is 75.3 Å². The molecule has 0 aliphatic heterocycles. The Labute approximate surface area is 165 Å². The standard InChI is InChI=1S/C22H22N2O3S/c25-22(16-11-18-7-3-1-4-8-18)24-20-12-14-21(15-13-20)28(26,27)23-17-19-9-5-2-6-10-19/h1-10,12-15,23H,11,16-17H2,(H,24,25). The van der Waals surface area contributed by atoms with Gasteiger partial charge in [-0.15, -0.1) is 0 Å². The van der Waals surface area contributed by atoms with Crippen molar-refractivity contribution in [3.8, 4) is 0 Å². The molecule has 3 aromatic rings. The molecule has 0 aliphatic rings. The first-order valence-corrected chi connectivity index (χ1v) is 10.5. The molecule has 0 saturated carbocycles. The van der Waals surface area contributed by atoms with Crippen molar-refractivity contribution >= 4 is 21.6 Å². The third-order valence-corrected chi connectivity index (χ3v) is 5.66. The van der Waals surface area contributed by atoms with Crippen LogP contribution in [0, 0.1) is 0 Å². The Morgan fingerprint density at radius 3 is 1.93 bits per heavy atom. The summed E-state index contributed by atoms with van der Waals surface area (Å²) in [7, 11) is -3.61. The average Bonchev–Trinajstić information content (AvgIpc) is 2.73. The van der Waals surface area contributed by atoms with E-state index < -0.39 is 10.0 Å². The van der Waals surface area contributed by atoms with Gasteiger partial charge in [-0.2, -0.15) is 0 Å². The van der Waals surface area contributed by atoms with Crippen LogP contribution in [0.5, 0.6) is 0 Å². The fourth-order valence-electron chi connectivity index (χ4n) is 2.70.